The summed E-state index contributed by atoms with van der Waals surface area (Å²) in [6.07, 6.45) is 0.621. The predicted molar refractivity (Wildman–Crippen MR) is 72.4 cm³/mol. The normalized spacial score (nSPS) is 10.7. The number of aromatic nitrogens is 2. The molecular weight excluding hydrogens is 324 g/mol. The fraction of sp³-hybridized carbons (Fsp3) is 0.273. The molecule has 0 saturated carbocycles. The molecule has 0 aliphatic carbocycles. The van der Waals surface area contributed by atoms with Crippen LogP contribution in [0, 0.1) is 0 Å². The van der Waals surface area contributed by atoms with Crippen LogP contribution in [0.3, 0.4) is 0 Å². The summed E-state index contributed by atoms with van der Waals surface area (Å²) in [6, 6.07) is 8.11. The number of hydrogen-bond acceptors (Lipinski definition) is 4. The Morgan fingerprint density at radius 3 is 3.06 bits per heavy atom. The number of nitrogens with zero attached hydrogens (tertiary/aromatic N) is 2. The first-order valence-electron chi connectivity index (χ1n) is 5.04. The SMILES string of the molecule is ClCCc1nc(CSc2cccc(Br)c2)no1. The van der Waals surface area contributed by atoms with Crippen LogP contribution in [0.5, 0.6) is 0 Å². The third kappa shape index (κ3) is 4.01. The molecule has 0 atom stereocenters. The highest BCUT2D eigenvalue weighted by Gasteiger charge is 2.06. The molecule has 0 unspecified atom stereocenters. The van der Waals surface area contributed by atoms with Crippen LogP contribution < -0.4 is 0 Å². The van der Waals surface area contributed by atoms with E-state index in [4.69, 9.17) is 16.1 Å². The maximum absolute atomic E-state index is 5.60. The average molecular weight is 334 g/mol. The summed E-state index contributed by atoms with van der Waals surface area (Å²) in [6.45, 7) is 0. The van der Waals surface area contributed by atoms with Gasteiger partial charge >= 0.3 is 0 Å². The maximum atomic E-state index is 5.60. The maximum Gasteiger partial charge on any atom is 0.227 e. The summed E-state index contributed by atoms with van der Waals surface area (Å²) in [4.78, 5) is 5.41. The second kappa shape index (κ2) is 6.42. The molecule has 2 rings (SSSR count). The van der Waals surface area contributed by atoms with Gasteiger partial charge in [0.05, 0.1) is 5.75 Å². The molecule has 0 amide bonds. The summed E-state index contributed by atoms with van der Waals surface area (Å²) < 4.78 is 6.12. The Hall–Kier alpha value is -0.520. The van der Waals surface area contributed by atoms with Crippen molar-refractivity contribution in [3.63, 3.8) is 0 Å². The molecule has 0 N–H and O–H groups in total. The van der Waals surface area contributed by atoms with Crippen molar-refractivity contribution in [1.82, 2.24) is 10.1 Å². The fourth-order valence-corrected chi connectivity index (χ4v) is 2.75. The Morgan fingerprint density at radius 1 is 1.41 bits per heavy atom. The quantitative estimate of drug-likeness (QED) is 0.614. The lowest BCUT2D eigenvalue weighted by molar-refractivity contribution is 0.378. The zero-order valence-electron chi connectivity index (χ0n) is 8.90. The topological polar surface area (TPSA) is 38.9 Å². The van der Waals surface area contributed by atoms with Gasteiger partial charge < -0.3 is 4.52 Å². The standard InChI is InChI=1S/C11H10BrClN2OS/c12-8-2-1-3-9(6-8)17-7-10-14-11(4-5-13)16-15-10/h1-3,6H,4-5,7H2. The van der Waals surface area contributed by atoms with Crippen LogP contribution in [0.25, 0.3) is 0 Å². The fourth-order valence-electron chi connectivity index (χ4n) is 1.24. The lowest BCUT2D eigenvalue weighted by atomic mass is 10.4. The molecule has 0 saturated heterocycles. The third-order valence-corrected chi connectivity index (χ3v) is 3.65. The van der Waals surface area contributed by atoms with Gasteiger partial charge in [-0.25, -0.2) is 0 Å². The minimum atomic E-state index is 0.500. The van der Waals surface area contributed by atoms with Crippen molar-refractivity contribution in [1.29, 1.82) is 0 Å². The van der Waals surface area contributed by atoms with Gasteiger partial charge in [-0.1, -0.05) is 27.2 Å². The van der Waals surface area contributed by atoms with Crippen molar-refractivity contribution < 1.29 is 4.52 Å². The molecule has 1 aromatic heterocycles. The summed E-state index contributed by atoms with van der Waals surface area (Å²) in [7, 11) is 0. The van der Waals surface area contributed by atoms with Crippen LogP contribution >= 0.6 is 39.3 Å². The molecule has 1 heterocycles. The van der Waals surface area contributed by atoms with Gasteiger partial charge in [-0.2, -0.15) is 4.98 Å². The highest BCUT2D eigenvalue weighted by Crippen LogP contribution is 2.24. The Morgan fingerprint density at radius 2 is 2.29 bits per heavy atom. The molecule has 0 aliphatic heterocycles. The average Bonchev–Trinajstić information content (AvgIpc) is 2.75. The molecule has 0 fully saturated rings. The van der Waals surface area contributed by atoms with Crippen molar-refractivity contribution in [2.75, 3.05) is 5.88 Å². The van der Waals surface area contributed by atoms with Gasteiger partial charge in [0.1, 0.15) is 0 Å². The molecule has 1 aromatic carbocycles. The van der Waals surface area contributed by atoms with E-state index >= 15 is 0 Å². The second-order valence-electron chi connectivity index (χ2n) is 3.29. The van der Waals surface area contributed by atoms with E-state index in [0.29, 0.717) is 29.8 Å². The van der Waals surface area contributed by atoms with Crippen LogP contribution in [0.15, 0.2) is 38.2 Å². The van der Waals surface area contributed by atoms with Crippen LogP contribution in [-0.4, -0.2) is 16.0 Å². The van der Waals surface area contributed by atoms with Gasteiger partial charge in [0, 0.05) is 21.7 Å². The zero-order chi connectivity index (χ0) is 12.1. The number of thioether (sulfide) groups is 1. The molecule has 0 aliphatic rings. The number of alkyl halides is 1. The van der Waals surface area contributed by atoms with E-state index in [1.54, 1.807) is 11.8 Å². The van der Waals surface area contributed by atoms with Gasteiger partial charge in [0.2, 0.25) is 5.89 Å². The van der Waals surface area contributed by atoms with E-state index in [1.165, 1.54) is 4.90 Å². The van der Waals surface area contributed by atoms with E-state index in [-0.39, 0.29) is 0 Å². The van der Waals surface area contributed by atoms with Crippen molar-refractivity contribution in [3.05, 3.63) is 40.5 Å². The summed E-state index contributed by atoms with van der Waals surface area (Å²) in [5.41, 5.74) is 0. The molecule has 3 nitrogen and oxygen atoms in total. The van der Waals surface area contributed by atoms with Crippen LogP contribution in [0.4, 0.5) is 0 Å². The molecule has 0 bridgehead atoms. The molecule has 90 valence electrons. The summed E-state index contributed by atoms with van der Waals surface area (Å²) >= 11 is 10.7. The third-order valence-electron chi connectivity index (χ3n) is 1.98. The van der Waals surface area contributed by atoms with E-state index in [2.05, 4.69) is 38.2 Å². The van der Waals surface area contributed by atoms with Gasteiger partial charge in [-0.05, 0) is 18.2 Å². The summed E-state index contributed by atoms with van der Waals surface area (Å²) in [5.74, 6) is 2.50. The van der Waals surface area contributed by atoms with Gasteiger partial charge in [-0.15, -0.1) is 23.4 Å². The highest BCUT2D eigenvalue weighted by atomic mass is 79.9. The Bertz CT molecular complexity index is 492. The van der Waals surface area contributed by atoms with E-state index in [0.717, 1.165) is 4.47 Å². The Balaban J connectivity index is 1.93. The van der Waals surface area contributed by atoms with Crippen molar-refractivity contribution in [2.24, 2.45) is 0 Å². The minimum Gasteiger partial charge on any atom is -0.339 e. The lowest BCUT2D eigenvalue weighted by Gasteiger charge is -1.98. The van der Waals surface area contributed by atoms with Crippen LogP contribution in [0.1, 0.15) is 11.7 Å². The largest absolute Gasteiger partial charge is 0.339 e. The second-order valence-corrected chi connectivity index (χ2v) is 5.63. The molecule has 2 aromatic rings. The molecule has 0 radical (unpaired) electrons. The smallest absolute Gasteiger partial charge is 0.227 e. The van der Waals surface area contributed by atoms with Gasteiger partial charge in [0.25, 0.3) is 0 Å². The number of hydrogen-bond donors (Lipinski definition) is 0. The Kier molecular flexibility index (Phi) is 4.88. The van der Waals surface area contributed by atoms with Crippen molar-refractivity contribution >= 4 is 39.3 Å². The van der Waals surface area contributed by atoms with Crippen molar-refractivity contribution in [3.8, 4) is 0 Å². The van der Waals surface area contributed by atoms with E-state index in [1.807, 2.05) is 12.1 Å². The lowest BCUT2D eigenvalue weighted by Crippen LogP contribution is -1.87. The minimum absolute atomic E-state index is 0.500. The molecule has 6 heteroatoms. The number of benzene rings is 1. The number of rotatable bonds is 5. The van der Waals surface area contributed by atoms with Crippen LogP contribution in [-0.2, 0) is 12.2 Å². The Labute approximate surface area is 117 Å². The monoisotopic (exact) mass is 332 g/mol. The van der Waals surface area contributed by atoms with Gasteiger partial charge in [0.15, 0.2) is 5.82 Å². The predicted octanol–water partition coefficient (Wildman–Crippen LogP) is 3.91. The number of halogens is 2. The first-order chi connectivity index (χ1) is 8.28. The molecule has 17 heavy (non-hydrogen) atoms. The van der Waals surface area contributed by atoms with Crippen LogP contribution in [0.2, 0.25) is 0 Å². The highest BCUT2D eigenvalue weighted by molar-refractivity contribution is 9.10. The van der Waals surface area contributed by atoms with E-state index < -0.39 is 0 Å². The summed E-state index contributed by atoms with van der Waals surface area (Å²) in [5, 5.41) is 3.89. The zero-order valence-corrected chi connectivity index (χ0v) is 12.1. The number of aryl methyl sites for hydroxylation is 1. The first-order valence-corrected chi connectivity index (χ1v) is 7.35. The molecular formula is C11H10BrClN2OS. The van der Waals surface area contributed by atoms with E-state index in [9.17, 15) is 0 Å². The van der Waals surface area contributed by atoms with Gasteiger partial charge in [-0.3, -0.25) is 0 Å². The van der Waals surface area contributed by atoms with Crippen molar-refractivity contribution in [2.45, 2.75) is 17.1 Å². The molecule has 0 spiro atoms. The first kappa shape index (κ1) is 12.9.